The molecule has 1 N–H and O–H groups in total. The SMILES string of the molecule is CSC(=NCCc1cscn1)NC#N. The molecule has 1 heterocycles. The van der Waals surface area contributed by atoms with Gasteiger partial charge in [-0.2, -0.15) is 5.26 Å². The van der Waals surface area contributed by atoms with Gasteiger partial charge in [0.15, 0.2) is 11.4 Å². The number of nitrogens with zero attached hydrogens (tertiary/aromatic N) is 3. The number of aromatic nitrogens is 1. The molecule has 0 spiro atoms. The molecule has 0 bridgehead atoms. The lowest BCUT2D eigenvalue weighted by molar-refractivity contribution is 0.933. The summed E-state index contributed by atoms with van der Waals surface area (Å²) < 4.78 is 0. The van der Waals surface area contributed by atoms with Crippen LogP contribution in [0.5, 0.6) is 0 Å². The first-order chi connectivity index (χ1) is 6.86. The van der Waals surface area contributed by atoms with Gasteiger partial charge in [0.2, 0.25) is 0 Å². The van der Waals surface area contributed by atoms with Crippen LogP contribution < -0.4 is 5.32 Å². The van der Waals surface area contributed by atoms with Crippen molar-refractivity contribution in [2.24, 2.45) is 4.99 Å². The van der Waals surface area contributed by atoms with Crippen LogP contribution in [0.15, 0.2) is 15.9 Å². The number of hydrogen-bond acceptors (Lipinski definition) is 5. The van der Waals surface area contributed by atoms with Crippen molar-refractivity contribution >= 4 is 28.3 Å². The first kappa shape index (κ1) is 11.0. The largest absolute Gasteiger partial charge is 0.272 e. The second kappa shape index (κ2) is 6.40. The summed E-state index contributed by atoms with van der Waals surface area (Å²) in [6.07, 6.45) is 4.55. The first-order valence-corrected chi connectivity index (χ1v) is 6.14. The van der Waals surface area contributed by atoms with Gasteiger partial charge in [-0.3, -0.25) is 10.3 Å². The molecule has 14 heavy (non-hydrogen) atoms. The fourth-order valence-corrected chi connectivity index (χ4v) is 1.80. The highest BCUT2D eigenvalue weighted by Gasteiger charge is 1.96. The van der Waals surface area contributed by atoms with Crippen molar-refractivity contribution in [3.8, 4) is 6.19 Å². The van der Waals surface area contributed by atoms with Crippen LogP contribution >= 0.6 is 23.1 Å². The number of hydrogen-bond donors (Lipinski definition) is 1. The Morgan fingerprint density at radius 2 is 2.71 bits per heavy atom. The van der Waals surface area contributed by atoms with Crippen LogP contribution in [-0.2, 0) is 6.42 Å². The van der Waals surface area contributed by atoms with E-state index in [0.717, 1.165) is 12.1 Å². The average Bonchev–Trinajstić information content (AvgIpc) is 2.69. The van der Waals surface area contributed by atoms with E-state index in [2.05, 4.69) is 15.3 Å². The molecule has 0 atom stereocenters. The molecule has 0 aliphatic rings. The number of rotatable bonds is 3. The minimum absolute atomic E-state index is 0.655. The number of aliphatic imine (C=N–C) groups is 1. The summed E-state index contributed by atoms with van der Waals surface area (Å²) in [6, 6.07) is 0. The Labute approximate surface area is 91.1 Å². The van der Waals surface area contributed by atoms with E-state index in [1.54, 1.807) is 11.3 Å². The van der Waals surface area contributed by atoms with E-state index in [1.165, 1.54) is 11.8 Å². The molecule has 0 aliphatic carbocycles. The van der Waals surface area contributed by atoms with Gasteiger partial charge < -0.3 is 0 Å². The van der Waals surface area contributed by atoms with E-state index < -0.39 is 0 Å². The number of nitrogens with one attached hydrogen (secondary N) is 1. The van der Waals surface area contributed by atoms with Gasteiger partial charge in [0.1, 0.15) is 0 Å². The zero-order valence-electron chi connectivity index (χ0n) is 7.73. The maximum absolute atomic E-state index is 8.39. The van der Waals surface area contributed by atoms with Crippen LogP contribution in [0.25, 0.3) is 0 Å². The third kappa shape index (κ3) is 3.77. The van der Waals surface area contributed by atoms with Crippen molar-refractivity contribution < 1.29 is 0 Å². The predicted octanol–water partition coefficient (Wildman–Crippen LogP) is 1.48. The standard InChI is InChI=1S/C8H10N4S2/c1-13-8(11-5-9)10-3-2-7-4-14-6-12-7/h4,6H,2-3H2,1H3,(H,10,11). The summed E-state index contributed by atoms with van der Waals surface area (Å²) in [5.74, 6) is 0. The van der Waals surface area contributed by atoms with Crippen molar-refractivity contribution in [2.45, 2.75) is 6.42 Å². The highest BCUT2D eigenvalue weighted by Crippen LogP contribution is 2.02. The summed E-state index contributed by atoms with van der Waals surface area (Å²) in [4.78, 5) is 8.36. The molecule has 1 aromatic rings. The van der Waals surface area contributed by atoms with Crippen molar-refractivity contribution in [3.05, 3.63) is 16.6 Å². The molecule has 1 rings (SSSR count). The van der Waals surface area contributed by atoms with Gasteiger partial charge in [0, 0.05) is 18.3 Å². The zero-order chi connectivity index (χ0) is 10.2. The lowest BCUT2D eigenvalue weighted by Crippen LogP contribution is -2.13. The quantitative estimate of drug-likeness (QED) is 0.367. The molecule has 4 nitrogen and oxygen atoms in total. The normalized spacial score (nSPS) is 11.0. The van der Waals surface area contributed by atoms with E-state index >= 15 is 0 Å². The maximum atomic E-state index is 8.39. The van der Waals surface area contributed by atoms with Gasteiger partial charge in [-0.15, -0.1) is 11.3 Å². The summed E-state index contributed by atoms with van der Waals surface area (Å²) in [7, 11) is 0. The molecule has 74 valence electrons. The zero-order valence-corrected chi connectivity index (χ0v) is 9.36. The van der Waals surface area contributed by atoms with E-state index in [9.17, 15) is 0 Å². The first-order valence-electron chi connectivity index (χ1n) is 3.97. The minimum atomic E-state index is 0.655. The van der Waals surface area contributed by atoms with E-state index in [0.29, 0.717) is 11.7 Å². The third-order valence-electron chi connectivity index (χ3n) is 1.46. The van der Waals surface area contributed by atoms with Crippen molar-refractivity contribution in [1.29, 1.82) is 5.26 Å². The highest BCUT2D eigenvalue weighted by molar-refractivity contribution is 8.13. The lowest BCUT2D eigenvalue weighted by atomic mass is 10.3. The fraction of sp³-hybridized carbons (Fsp3) is 0.375. The van der Waals surface area contributed by atoms with E-state index in [1.807, 2.05) is 23.3 Å². The number of amidine groups is 1. The maximum Gasteiger partial charge on any atom is 0.183 e. The number of thioether (sulfide) groups is 1. The van der Waals surface area contributed by atoms with Crippen LogP contribution in [0.1, 0.15) is 5.69 Å². The second-order valence-electron chi connectivity index (χ2n) is 2.36. The fourth-order valence-electron chi connectivity index (χ4n) is 0.836. The molecule has 0 aromatic carbocycles. The molecule has 0 saturated carbocycles. The molecule has 0 amide bonds. The van der Waals surface area contributed by atoms with Crippen LogP contribution in [0.2, 0.25) is 0 Å². The smallest absolute Gasteiger partial charge is 0.183 e. The van der Waals surface area contributed by atoms with Gasteiger partial charge in [-0.25, -0.2) is 4.98 Å². The van der Waals surface area contributed by atoms with Gasteiger partial charge in [-0.1, -0.05) is 11.8 Å². The Hall–Kier alpha value is -1.06. The molecule has 0 fully saturated rings. The second-order valence-corrected chi connectivity index (χ2v) is 3.87. The van der Waals surface area contributed by atoms with Gasteiger partial charge in [-0.05, 0) is 6.26 Å². The van der Waals surface area contributed by atoms with E-state index in [4.69, 9.17) is 5.26 Å². The van der Waals surface area contributed by atoms with Crippen LogP contribution in [0.3, 0.4) is 0 Å². The summed E-state index contributed by atoms with van der Waals surface area (Å²) in [6.45, 7) is 0.661. The molecule has 0 unspecified atom stereocenters. The Bertz CT molecular complexity index is 326. The lowest BCUT2D eigenvalue weighted by Gasteiger charge is -1.98. The van der Waals surface area contributed by atoms with Crippen molar-refractivity contribution in [1.82, 2.24) is 10.3 Å². The molecular weight excluding hydrogens is 216 g/mol. The Kier molecular flexibility index (Phi) is 5.04. The molecule has 6 heteroatoms. The summed E-state index contributed by atoms with van der Waals surface area (Å²) in [5, 5.41) is 13.6. The predicted molar refractivity (Wildman–Crippen MR) is 60.4 cm³/mol. The van der Waals surface area contributed by atoms with Crippen LogP contribution in [0, 0.1) is 11.5 Å². The minimum Gasteiger partial charge on any atom is -0.272 e. The highest BCUT2D eigenvalue weighted by atomic mass is 32.2. The average molecular weight is 226 g/mol. The van der Waals surface area contributed by atoms with Gasteiger partial charge in [0.25, 0.3) is 0 Å². The molecular formula is C8H10N4S2. The topological polar surface area (TPSA) is 61.1 Å². The molecule has 0 saturated heterocycles. The molecule has 0 aliphatic heterocycles. The van der Waals surface area contributed by atoms with Crippen molar-refractivity contribution in [2.75, 3.05) is 12.8 Å². The summed E-state index contributed by atoms with van der Waals surface area (Å²) >= 11 is 3.01. The van der Waals surface area contributed by atoms with Gasteiger partial charge >= 0.3 is 0 Å². The Morgan fingerprint density at radius 3 is 3.29 bits per heavy atom. The number of nitriles is 1. The van der Waals surface area contributed by atoms with E-state index in [-0.39, 0.29) is 0 Å². The Balaban J connectivity index is 2.35. The van der Waals surface area contributed by atoms with Crippen molar-refractivity contribution in [3.63, 3.8) is 0 Å². The number of thiazole rings is 1. The Morgan fingerprint density at radius 1 is 1.86 bits per heavy atom. The van der Waals surface area contributed by atoms with Gasteiger partial charge in [0.05, 0.1) is 11.2 Å². The van der Waals surface area contributed by atoms with Crippen LogP contribution in [0.4, 0.5) is 0 Å². The van der Waals surface area contributed by atoms with Crippen LogP contribution in [-0.4, -0.2) is 23.0 Å². The monoisotopic (exact) mass is 226 g/mol. The third-order valence-corrected chi connectivity index (χ3v) is 2.72. The molecule has 0 radical (unpaired) electrons. The summed E-state index contributed by atoms with van der Waals surface area (Å²) in [5.41, 5.74) is 2.86. The molecule has 1 aromatic heterocycles.